The summed E-state index contributed by atoms with van der Waals surface area (Å²) in [5.41, 5.74) is 0.522. The molecule has 2 heterocycles. The summed E-state index contributed by atoms with van der Waals surface area (Å²) in [6, 6.07) is 3.94. The molecule has 0 atom stereocenters. The van der Waals surface area contributed by atoms with E-state index in [4.69, 9.17) is 0 Å². The van der Waals surface area contributed by atoms with Crippen LogP contribution in [-0.4, -0.2) is 41.5 Å². The summed E-state index contributed by atoms with van der Waals surface area (Å²) >= 11 is 3.32. The van der Waals surface area contributed by atoms with Crippen LogP contribution in [0.15, 0.2) is 22.8 Å². The first-order valence-electron chi connectivity index (χ1n) is 5.85. The lowest BCUT2D eigenvalue weighted by molar-refractivity contribution is 0.0609. The highest BCUT2D eigenvalue weighted by Gasteiger charge is 2.28. The molecule has 1 fully saturated rings. The van der Waals surface area contributed by atoms with Gasteiger partial charge >= 0.3 is 0 Å². The zero-order valence-electron chi connectivity index (χ0n) is 9.82. The molecule has 0 saturated carbocycles. The number of amides is 1. The van der Waals surface area contributed by atoms with Crippen LogP contribution in [-0.2, 0) is 0 Å². The normalized spacial score (nSPS) is 15.4. The first-order valence-corrected chi connectivity index (χ1v) is 6.65. The topological polar surface area (TPSA) is 45.2 Å². The van der Waals surface area contributed by atoms with Gasteiger partial charge in [-0.2, -0.15) is 0 Å². The Balaban J connectivity index is 2.12. The average Bonchev–Trinajstić information content (AvgIpc) is 2.26. The van der Waals surface area contributed by atoms with E-state index in [1.54, 1.807) is 12.3 Å². The molecule has 0 spiro atoms. The Morgan fingerprint density at radius 3 is 2.82 bits per heavy atom. The Bertz CT molecular complexity index is 389. The molecule has 0 aromatic carbocycles. The quantitative estimate of drug-likeness (QED) is 0.919. The second kappa shape index (κ2) is 5.60. The van der Waals surface area contributed by atoms with E-state index in [1.165, 1.54) is 0 Å². The second-order valence-corrected chi connectivity index (χ2v) is 5.09. The fourth-order valence-electron chi connectivity index (χ4n) is 1.83. The smallest absolute Gasteiger partial charge is 0.272 e. The summed E-state index contributed by atoms with van der Waals surface area (Å²) in [7, 11) is 0. The molecule has 0 aliphatic carbocycles. The fraction of sp³-hybridized carbons (Fsp3) is 0.500. The van der Waals surface area contributed by atoms with Gasteiger partial charge in [0, 0.05) is 30.3 Å². The Morgan fingerprint density at radius 2 is 2.35 bits per heavy atom. The maximum atomic E-state index is 12.3. The van der Waals surface area contributed by atoms with E-state index in [1.807, 2.05) is 11.0 Å². The lowest BCUT2D eigenvalue weighted by atomic mass is 10.1. The minimum atomic E-state index is 0.0332. The number of nitrogens with one attached hydrogen (secondary N) is 1. The summed E-state index contributed by atoms with van der Waals surface area (Å²) in [5, 5.41) is 3.19. The van der Waals surface area contributed by atoms with E-state index >= 15 is 0 Å². The van der Waals surface area contributed by atoms with Gasteiger partial charge in [0.1, 0.15) is 5.69 Å². The second-order valence-electron chi connectivity index (χ2n) is 4.17. The van der Waals surface area contributed by atoms with Crippen molar-refractivity contribution >= 4 is 21.8 Å². The monoisotopic (exact) mass is 297 g/mol. The molecule has 1 aliphatic heterocycles. The van der Waals surface area contributed by atoms with Crippen molar-refractivity contribution in [2.45, 2.75) is 19.4 Å². The van der Waals surface area contributed by atoms with E-state index in [0.717, 1.165) is 30.5 Å². The lowest BCUT2D eigenvalue weighted by Crippen LogP contribution is -2.59. The maximum absolute atomic E-state index is 12.3. The third-order valence-corrected chi connectivity index (χ3v) is 3.34. The Hall–Kier alpha value is -0.940. The summed E-state index contributed by atoms with van der Waals surface area (Å²) < 4.78 is 0.890. The zero-order valence-corrected chi connectivity index (χ0v) is 11.4. The third kappa shape index (κ3) is 2.84. The highest BCUT2D eigenvalue weighted by Crippen LogP contribution is 2.13. The van der Waals surface area contributed by atoms with Crippen LogP contribution in [0, 0.1) is 0 Å². The van der Waals surface area contributed by atoms with Crippen molar-refractivity contribution in [2.24, 2.45) is 0 Å². The van der Waals surface area contributed by atoms with Crippen molar-refractivity contribution in [3.63, 3.8) is 0 Å². The Labute approximate surface area is 110 Å². The average molecular weight is 298 g/mol. The van der Waals surface area contributed by atoms with Gasteiger partial charge in [0.15, 0.2) is 0 Å². The van der Waals surface area contributed by atoms with Gasteiger partial charge in [-0.25, -0.2) is 4.98 Å². The predicted molar refractivity (Wildman–Crippen MR) is 69.9 cm³/mol. The van der Waals surface area contributed by atoms with Gasteiger partial charge in [-0.3, -0.25) is 4.79 Å². The van der Waals surface area contributed by atoms with E-state index in [9.17, 15) is 4.79 Å². The van der Waals surface area contributed by atoms with E-state index in [-0.39, 0.29) is 5.91 Å². The first-order chi connectivity index (χ1) is 8.22. The number of hydrogen-bond donors (Lipinski definition) is 1. The molecule has 4 nitrogen and oxygen atoms in total. The number of nitrogens with zero attached hydrogens (tertiary/aromatic N) is 2. The molecule has 0 radical (unpaired) electrons. The summed E-state index contributed by atoms with van der Waals surface area (Å²) in [5.74, 6) is 0.0332. The van der Waals surface area contributed by atoms with Gasteiger partial charge in [0.2, 0.25) is 0 Å². The standard InChI is InChI=1S/C12H16BrN3O/c1-2-5-16(10-7-14-8-10)12(17)11-4-3-9(13)6-15-11/h3-4,6,10,14H,2,5,7-8H2,1H3. The highest BCUT2D eigenvalue weighted by atomic mass is 79.9. The van der Waals surface area contributed by atoms with Gasteiger partial charge < -0.3 is 10.2 Å². The van der Waals surface area contributed by atoms with E-state index < -0.39 is 0 Å². The zero-order chi connectivity index (χ0) is 12.3. The molecule has 1 aromatic rings. The molecule has 0 unspecified atom stereocenters. The van der Waals surface area contributed by atoms with E-state index in [2.05, 4.69) is 33.2 Å². The summed E-state index contributed by atoms with van der Waals surface area (Å²) in [6.07, 6.45) is 2.63. The van der Waals surface area contributed by atoms with Gasteiger partial charge in [-0.1, -0.05) is 6.92 Å². The molecule has 1 aliphatic rings. The van der Waals surface area contributed by atoms with Crippen LogP contribution >= 0.6 is 15.9 Å². The van der Waals surface area contributed by atoms with Crippen LogP contribution in [0.3, 0.4) is 0 Å². The molecule has 0 bridgehead atoms. The molecule has 1 amide bonds. The molecular weight excluding hydrogens is 282 g/mol. The first kappa shape index (κ1) is 12.5. The molecule has 92 valence electrons. The van der Waals surface area contributed by atoms with Crippen molar-refractivity contribution in [1.82, 2.24) is 15.2 Å². The molecule has 2 rings (SSSR count). The SMILES string of the molecule is CCCN(C(=O)c1ccc(Br)cn1)C1CNC1. The Kier molecular flexibility index (Phi) is 4.12. The number of hydrogen-bond acceptors (Lipinski definition) is 3. The molecule has 17 heavy (non-hydrogen) atoms. The molecule has 1 N–H and O–H groups in total. The largest absolute Gasteiger partial charge is 0.332 e. The number of rotatable bonds is 4. The predicted octanol–water partition coefficient (Wildman–Crippen LogP) is 1.67. The lowest BCUT2D eigenvalue weighted by Gasteiger charge is -2.38. The van der Waals surface area contributed by atoms with E-state index in [0.29, 0.717) is 11.7 Å². The van der Waals surface area contributed by atoms with Crippen LogP contribution in [0.1, 0.15) is 23.8 Å². The minimum Gasteiger partial charge on any atom is -0.332 e. The highest BCUT2D eigenvalue weighted by molar-refractivity contribution is 9.10. The van der Waals surface area contributed by atoms with Crippen LogP contribution in [0.2, 0.25) is 0 Å². The molecule has 5 heteroatoms. The van der Waals surface area contributed by atoms with Gasteiger partial charge in [0.25, 0.3) is 5.91 Å². The maximum Gasteiger partial charge on any atom is 0.272 e. The van der Waals surface area contributed by atoms with Gasteiger partial charge in [0.05, 0.1) is 6.04 Å². The number of aromatic nitrogens is 1. The van der Waals surface area contributed by atoms with Gasteiger partial charge in [-0.05, 0) is 34.5 Å². The van der Waals surface area contributed by atoms with Crippen molar-refractivity contribution in [3.05, 3.63) is 28.5 Å². The van der Waals surface area contributed by atoms with Crippen molar-refractivity contribution < 1.29 is 4.79 Å². The number of halogens is 1. The number of pyridine rings is 1. The number of carbonyl (C=O) groups is 1. The number of carbonyl (C=O) groups excluding carboxylic acids is 1. The fourth-order valence-corrected chi connectivity index (χ4v) is 2.07. The third-order valence-electron chi connectivity index (χ3n) is 2.87. The summed E-state index contributed by atoms with van der Waals surface area (Å²) in [4.78, 5) is 18.4. The van der Waals surface area contributed by atoms with Crippen LogP contribution in [0.25, 0.3) is 0 Å². The Morgan fingerprint density at radius 1 is 1.59 bits per heavy atom. The van der Waals surface area contributed by atoms with Gasteiger partial charge in [-0.15, -0.1) is 0 Å². The van der Waals surface area contributed by atoms with Crippen molar-refractivity contribution in [3.8, 4) is 0 Å². The van der Waals surface area contributed by atoms with Crippen molar-refractivity contribution in [1.29, 1.82) is 0 Å². The van der Waals surface area contributed by atoms with Crippen LogP contribution in [0.5, 0.6) is 0 Å². The molecular formula is C12H16BrN3O. The van der Waals surface area contributed by atoms with Crippen LogP contribution in [0.4, 0.5) is 0 Å². The van der Waals surface area contributed by atoms with Crippen LogP contribution < -0.4 is 5.32 Å². The molecule has 1 aromatic heterocycles. The molecule has 1 saturated heterocycles. The van der Waals surface area contributed by atoms with Crippen molar-refractivity contribution in [2.75, 3.05) is 19.6 Å². The minimum absolute atomic E-state index is 0.0332. The summed E-state index contributed by atoms with van der Waals surface area (Å²) in [6.45, 7) is 4.66.